The third-order valence-electron chi connectivity index (χ3n) is 2.43. The quantitative estimate of drug-likeness (QED) is 0.729. The van der Waals surface area contributed by atoms with Gasteiger partial charge in [0.2, 0.25) is 0 Å². The number of anilines is 2. The molecule has 16 heavy (non-hydrogen) atoms. The number of aliphatic hydroxyl groups excluding tert-OH is 1. The Hall–Kier alpha value is -1.82. The van der Waals surface area contributed by atoms with E-state index in [9.17, 15) is 9.18 Å². The van der Waals surface area contributed by atoms with Crippen LogP contribution in [-0.4, -0.2) is 30.5 Å². The minimum atomic E-state index is -0.603. The zero-order valence-corrected chi connectivity index (χ0v) is 8.39. The molecular formula is C10H11FN2O3. The van der Waals surface area contributed by atoms with Gasteiger partial charge in [-0.3, -0.25) is 4.90 Å². The van der Waals surface area contributed by atoms with Gasteiger partial charge >= 0.3 is 6.09 Å². The number of cyclic esters (lactones) is 1. The van der Waals surface area contributed by atoms with Crippen molar-refractivity contribution in [2.75, 3.05) is 23.8 Å². The van der Waals surface area contributed by atoms with Crippen molar-refractivity contribution in [2.45, 2.75) is 6.04 Å². The summed E-state index contributed by atoms with van der Waals surface area (Å²) < 4.78 is 18.0. The number of hydrogen-bond donors (Lipinski definition) is 2. The number of ether oxygens (including phenoxy) is 1. The second-order valence-corrected chi connectivity index (χ2v) is 3.49. The first-order chi connectivity index (χ1) is 7.63. The molecule has 1 amide bonds. The number of carbonyl (C=O) groups is 1. The Labute approximate surface area is 91.2 Å². The van der Waals surface area contributed by atoms with E-state index in [2.05, 4.69) is 0 Å². The molecule has 1 aliphatic rings. The Balaban J connectivity index is 2.35. The molecule has 1 heterocycles. The maximum atomic E-state index is 13.2. The summed E-state index contributed by atoms with van der Waals surface area (Å²) in [5.74, 6) is -0.603. The molecule has 1 unspecified atom stereocenters. The fraction of sp³-hybridized carbons (Fsp3) is 0.300. The Morgan fingerprint density at radius 2 is 2.38 bits per heavy atom. The smallest absolute Gasteiger partial charge is 0.414 e. The molecular weight excluding hydrogens is 215 g/mol. The van der Waals surface area contributed by atoms with Crippen LogP contribution in [0.4, 0.5) is 20.6 Å². The highest BCUT2D eigenvalue weighted by atomic mass is 19.1. The molecule has 0 spiro atoms. The van der Waals surface area contributed by atoms with Gasteiger partial charge < -0.3 is 15.6 Å². The minimum Gasteiger partial charge on any atom is -0.447 e. The van der Waals surface area contributed by atoms with Gasteiger partial charge in [-0.15, -0.1) is 0 Å². The number of halogens is 1. The van der Waals surface area contributed by atoms with Crippen molar-refractivity contribution in [1.29, 1.82) is 0 Å². The maximum Gasteiger partial charge on any atom is 0.414 e. The van der Waals surface area contributed by atoms with Gasteiger partial charge in [-0.1, -0.05) is 0 Å². The molecule has 0 aromatic heterocycles. The van der Waals surface area contributed by atoms with Crippen molar-refractivity contribution in [3.63, 3.8) is 0 Å². The van der Waals surface area contributed by atoms with E-state index in [4.69, 9.17) is 15.6 Å². The van der Waals surface area contributed by atoms with Crippen LogP contribution in [0.15, 0.2) is 18.2 Å². The van der Waals surface area contributed by atoms with Gasteiger partial charge in [0.05, 0.1) is 24.0 Å². The first kappa shape index (κ1) is 10.7. The van der Waals surface area contributed by atoms with E-state index in [-0.39, 0.29) is 18.9 Å². The van der Waals surface area contributed by atoms with Gasteiger partial charge in [0.1, 0.15) is 12.4 Å². The van der Waals surface area contributed by atoms with Crippen molar-refractivity contribution >= 4 is 17.5 Å². The average Bonchev–Trinajstić information content (AvgIpc) is 2.64. The molecule has 86 valence electrons. The Morgan fingerprint density at radius 3 is 3.00 bits per heavy atom. The van der Waals surface area contributed by atoms with Gasteiger partial charge in [-0.05, 0) is 18.2 Å². The third-order valence-corrected chi connectivity index (χ3v) is 2.43. The van der Waals surface area contributed by atoms with Crippen LogP contribution in [0.2, 0.25) is 0 Å². The Bertz CT molecular complexity index is 425. The number of rotatable bonds is 2. The summed E-state index contributed by atoms with van der Waals surface area (Å²) in [5, 5.41) is 9.05. The lowest BCUT2D eigenvalue weighted by atomic mass is 10.2. The van der Waals surface area contributed by atoms with Crippen LogP contribution < -0.4 is 10.6 Å². The van der Waals surface area contributed by atoms with E-state index in [1.54, 1.807) is 0 Å². The summed E-state index contributed by atoms with van der Waals surface area (Å²) in [6.07, 6.45) is -0.594. The molecule has 1 aliphatic heterocycles. The van der Waals surface area contributed by atoms with Crippen molar-refractivity contribution in [2.24, 2.45) is 0 Å². The monoisotopic (exact) mass is 226 g/mol. The molecule has 0 aliphatic carbocycles. The lowest BCUT2D eigenvalue weighted by molar-refractivity contribution is 0.174. The highest BCUT2D eigenvalue weighted by Crippen LogP contribution is 2.25. The van der Waals surface area contributed by atoms with Crippen molar-refractivity contribution in [3.8, 4) is 0 Å². The van der Waals surface area contributed by atoms with Crippen LogP contribution in [0.3, 0.4) is 0 Å². The molecule has 1 saturated heterocycles. The van der Waals surface area contributed by atoms with Gasteiger partial charge in [0.25, 0.3) is 0 Å². The molecule has 2 rings (SSSR count). The van der Waals surface area contributed by atoms with Gasteiger partial charge in [-0.25, -0.2) is 9.18 Å². The molecule has 0 saturated carbocycles. The van der Waals surface area contributed by atoms with Gasteiger partial charge in [-0.2, -0.15) is 0 Å². The largest absolute Gasteiger partial charge is 0.447 e. The number of benzene rings is 1. The fourth-order valence-electron chi connectivity index (χ4n) is 1.58. The molecule has 1 fully saturated rings. The van der Waals surface area contributed by atoms with Crippen molar-refractivity contribution in [1.82, 2.24) is 0 Å². The molecule has 1 atom stereocenters. The SMILES string of the molecule is Nc1ccc(N2C(=O)OCC2CO)cc1F. The summed E-state index contributed by atoms with van der Waals surface area (Å²) in [7, 11) is 0. The van der Waals surface area contributed by atoms with Crippen molar-refractivity contribution in [3.05, 3.63) is 24.0 Å². The summed E-state index contributed by atoms with van der Waals surface area (Å²) >= 11 is 0. The number of hydrogen-bond acceptors (Lipinski definition) is 4. The topological polar surface area (TPSA) is 75.8 Å². The van der Waals surface area contributed by atoms with E-state index >= 15 is 0 Å². The number of amides is 1. The Morgan fingerprint density at radius 1 is 1.62 bits per heavy atom. The highest BCUT2D eigenvalue weighted by molar-refractivity contribution is 5.90. The van der Waals surface area contributed by atoms with Crippen LogP contribution in [0.5, 0.6) is 0 Å². The summed E-state index contributed by atoms with van der Waals surface area (Å²) in [6, 6.07) is 3.54. The first-order valence-electron chi connectivity index (χ1n) is 4.75. The predicted molar refractivity (Wildman–Crippen MR) is 55.5 cm³/mol. The molecule has 0 radical (unpaired) electrons. The van der Waals surface area contributed by atoms with Gasteiger partial charge in [0, 0.05) is 0 Å². The van der Waals surface area contributed by atoms with E-state index in [1.807, 2.05) is 0 Å². The van der Waals surface area contributed by atoms with Crippen LogP contribution in [0.25, 0.3) is 0 Å². The zero-order valence-electron chi connectivity index (χ0n) is 8.39. The Kier molecular flexibility index (Phi) is 2.66. The first-order valence-corrected chi connectivity index (χ1v) is 4.75. The van der Waals surface area contributed by atoms with E-state index in [1.165, 1.54) is 17.0 Å². The number of carbonyl (C=O) groups excluding carboxylic acids is 1. The molecule has 3 N–H and O–H groups in total. The fourth-order valence-corrected chi connectivity index (χ4v) is 1.58. The lowest BCUT2D eigenvalue weighted by Crippen LogP contribution is -2.36. The van der Waals surface area contributed by atoms with Crippen LogP contribution >= 0.6 is 0 Å². The normalized spacial score (nSPS) is 20.0. The second-order valence-electron chi connectivity index (χ2n) is 3.49. The van der Waals surface area contributed by atoms with Crippen LogP contribution in [0.1, 0.15) is 0 Å². The van der Waals surface area contributed by atoms with Crippen LogP contribution in [0, 0.1) is 5.82 Å². The predicted octanol–water partition coefficient (Wildman–Crippen LogP) is 0.725. The summed E-state index contributed by atoms with van der Waals surface area (Å²) in [6.45, 7) is -0.140. The standard InChI is InChI=1S/C10H11FN2O3/c11-8-3-6(1-2-9(8)12)13-7(4-14)5-16-10(13)15/h1-3,7,14H,4-5,12H2. The molecule has 1 aromatic rings. The number of nitrogen functional groups attached to an aromatic ring is 1. The third kappa shape index (κ3) is 1.67. The number of aliphatic hydroxyl groups is 1. The second kappa shape index (κ2) is 3.97. The van der Waals surface area contributed by atoms with Crippen LogP contribution in [-0.2, 0) is 4.74 Å². The molecule has 5 nitrogen and oxygen atoms in total. The highest BCUT2D eigenvalue weighted by Gasteiger charge is 2.33. The zero-order chi connectivity index (χ0) is 11.7. The van der Waals surface area contributed by atoms with Gasteiger partial charge in [0.15, 0.2) is 0 Å². The summed E-state index contributed by atoms with van der Waals surface area (Å²) in [5.41, 5.74) is 5.67. The van der Waals surface area contributed by atoms with Crippen molar-refractivity contribution < 1.29 is 19.0 Å². The van der Waals surface area contributed by atoms with E-state index in [0.717, 1.165) is 6.07 Å². The minimum absolute atomic E-state index is 0.0110. The van der Waals surface area contributed by atoms with E-state index < -0.39 is 18.0 Å². The maximum absolute atomic E-state index is 13.2. The lowest BCUT2D eigenvalue weighted by Gasteiger charge is -2.19. The number of nitrogens with two attached hydrogens (primary N) is 1. The summed E-state index contributed by atoms with van der Waals surface area (Å²) in [4.78, 5) is 12.6. The molecule has 0 bridgehead atoms. The van der Waals surface area contributed by atoms with E-state index in [0.29, 0.717) is 5.69 Å². The number of nitrogens with zero attached hydrogens (tertiary/aromatic N) is 1. The average molecular weight is 226 g/mol. The molecule has 1 aromatic carbocycles. The molecule has 6 heteroatoms.